The number of hydrogen-bond acceptors (Lipinski definition) is 14. The van der Waals surface area contributed by atoms with Gasteiger partial charge in [0.25, 0.3) is 0 Å². The number of carbonyl (C=O) groups is 2. The molecule has 422 valence electrons. The molecule has 6 rings (SSSR count). The molecule has 0 spiro atoms. The summed E-state index contributed by atoms with van der Waals surface area (Å²) in [6, 6.07) is 21.0. The number of unbranched alkanes of at least 4 members (excludes halogenated alkanes) is 1. The second kappa shape index (κ2) is 30.2. The molecule has 78 heavy (non-hydrogen) atoms. The van der Waals surface area contributed by atoms with Crippen molar-refractivity contribution in [2.75, 3.05) is 119 Å². The number of sulfonamides is 2. The molecule has 24 heteroatoms. The van der Waals surface area contributed by atoms with Crippen LogP contribution in [0.5, 0.6) is 0 Å². The monoisotopic (exact) mass is 1150 g/mol. The number of urea groups is 2. The molecule has 0 aliphatic carbocycles. The summed E-state index contributed by atoms with van der Waals surface area (Å²) in [5.74, 6) is -0.333. The molecule has 2 heterocycles. The first-order valence-corrected chi connectivity index (χ1v) is 29.5. The number of nitriles is 2. The van der Waals surface area contributed by atoms with Crippen LogP contribution in [0.25, 0.3) is 0 Å². The molecule has 2 unspecified atom stereocenters. The van der Waals surface area contributed by atoms with Gasteiger partial charge in [0.2, 0.25) is 20.0 Å². The number of ether oxygens (including phenoxy) is 4. The van der Waals surface area contributed by atoms with Gasteiger partial charge in [0, 0.05) is 87.3 Å². The van der Waals surface area contributed by atoms with Gasteiger partial charge < -0.3 is 50.0 Å². The number of hydrogen-bond donors (Lipinski definition) is 6. The third kappa shape index (κ3) is 18.0. The molecule has 0 aromatic heterocycles. The number of likely N-dealkylation sites (N-methyl/N-ethyl adjacent to an activating group) is 2. The van der Waals surface area contributed by atoms with Crippen molar-refractivity contribution in [1.82, 2.24) is 40.5 Å². The highest BCUT2D eigenvalue weighted by Gasteiger charge is 2.31. The van der Waals surface area contributed by atoms with E-state index in [-0.39, 0.29) is 113 Å². The van der Waals surface area contributed by atoms with Gasteiger partial charge in [-0.25, -0.2) is 35.9 Å². The molecule has 6 N–H and O–H groups in total. The lowest BCUT2D eigenvalue weighted by atomic mass is 9.81. The zero-order chi connectivity index (χ0) is 56.2. The Hall–Kier alpha value is -5.44. The van der Waals surface area contributed by atoms with E-state index >= 15 is 0 Å². The van der Waals surface area contributed by atoms with E-state index < -0.39 is 20.0 Å². The van der Waals surface area contributed by atoms with Crippen LogP contribution in [0.2, 0.25) is 10.0 Å². The van der Waals surface area contributed by atoms with Crippen LogP contribution < -0.4 is 30.7 Å². The number of rotatable bonds is 29. The first kappa shape index (κ1) is 61.8. The molecule has 2 aliphatic heterocycles. The first-order valence-electron chi connectivity index (χ1n) is 25.8. The molecule has 0 saturated carbocycles. The standard InChI is InChI=1S/C54H70Cl2N10O10S2/c1-37-7-9-43(29-45(37)51-35-65(3)33-49-39(31-57)25-41(55)27-47(49)51)77(69,70)63-15-19-75-23-21-73-17-13-61-53(67)59-11-5-6-12-60-54(68)62-14-18-74-22-24-76-20-16-64-78(71,72)44-10-8-38(2)46(30-44)52-36-66(4)34-50-40(32-58)26-42(56)28-48(50)52/h7-10,25-30,51-52,63-64H,5-6,11-24,33-36H2,1-4H3,(H2,59,61,67)(H2,60,62,68). The highest BCUT2D eigenvalue weighted by Crippen LogP contribution is 2.40. The van der Waals surface area contributed by atoms with E-state index in [2.05, 4.69) is 52.6 Å². The molecule has 20 nitrogen and oxygen atoms in total. The van der Waals surface area contributed by atoms with Crippen molar-refractivity contribution < 1.29 is 45.4 Å². The molecule has 4 aromatic carbocycles. The minimum atomic E-state index is -3.84. The molecule has 0 bridgehead atoms. The van der Waals surface area contributed by atoms with Gasteiger partial charge in [-0.15, -0.1) is 0 Å². The minimum Gasteiger partial charge on any atom is -0.378 e. The first-order chi connectivity index (χ1) is 37.4. The summed E-state index contributed by atoms with van der Waals surface area (Å²) in [5.41, 5.74) is 8.26. The van der Waals surface area contributed by atoms with E-state index in [0.717, 1.165) is 44.5 Å². The molecule has 2 aliphatic rings. The molecule has 2 atom stereocenters. The van der Waals surface area contributed by atoms with Crippen LogP contribution in [-0.2, 0) is 52.1 Å². The molecule has 0 radical (unpaired) electrons. The number of fused-ring (bicyclic) bond motifs is 2. The molecular weight excluding hydrogens is 1080 g/mol. The number of nitrogens with zero attached hydrogens (tertiary/aromatic N) is 4. The predicted molar refractivity (Wildman–Crippen MR) is 297 cm³/mol. The Bertz CT molecular complexity index is 2830. The van der Waals surface area contributed by atoms with E-state index in [0.29, 0.717) is 73.3 Å². The fourth-order valence-electron chi connectivity index (χ4n) is 9.39. The van der Waals surface area contributed by atoms with Gasteiger partial charge >= 0.3 is 12.1 Å². The second-order valence-electron chi connectivity index (χ2n) is 19.1. The molecule has 4 aromatic rings. The van der Waals surface area contributed by atoms with E-state index in [1.807, 2.05) is 40.1 Å². The third-order valence-electron chi connectivity index (χ3n) is 13.3. The van der Waals surface area contributed by atoms with Crippen LogP contribution in [0.4, 0.5) is 9.59 Å². The largest absolute Gasteiger partial charge is 0.378 e. The summed E-state index contributed by atoms with van der Waals surface area (Å²) in [4.78, 5) is 28.8. The Balaban J connectivity index is 0.727. The van der Waals surface area contributed by atoms with Crippen LogP contribution >= 0.6 is 23.2 Å². The summed E-state index contributed by atoms with van der Waals surface area (Å²) in [7, 11) is -3.75. The van der Waals surface area contributed by atoms with Crippen molar-refractivity contribution in [1.29, 1.82) is 10.5 Å². The summed E-state index contributed by atoms with van der Waals surface area (Å²) in [5, 5.41) is 31.4. The number of benzene rings is 4. The average molecular weight is 1150 g/mol. The fourth-order valence-corrected chi connectivity index (χ4v) is 11.9. The van der Waals surface area contributed by atoms with Gasteiger partial charge in [0.15, 0.2) is 0 Å². The molecule has 0 fully saturated rings. The average Bonchev–Trinajstić information content (AvgIpc) is 3.58. The van der Waals surface area contributed by atoms with Crippen LogP contribution in [0.15, 0.2) is 70.5 Å². The van der Waals surface area contributed by atoms with E-state index in [1.165, 1.54) is 0 Å². The topological polar surface area (TPSA) is 266 Å². The Labute approximate surface area is 468 Å². The smallest absolute Gasteiger partial charge is 0.314 e. The van der Waals surface area contributed by atoms with Gasteiger partial charge in [0.05, 0.1) is 85.9 Å². The number of aryl methyl sites for hydroxylation is 2. The van der Waals surface area contributed by atoms with Gasteiger partial charge in [0.1, 0.15) is 0 Å². The van der Waals surface area contributed by atoms with Crippen molar-refractivity contribution in [3.05, 3.63) is 126 Å². The van der Waals surface area contributed by atoms with E-state index in [9.17, 15) is 36.9 Å². The van der Waals surface area contributed by atoms with Crippen molar-refractivity contribution in [2.45, 2.75) is 61.4 Å². The van der Waals surface area contributed by atoms with Crippen LogP contribution in [-0.4, -0.2) is 158 Å². The zero-order valence-electron chi connectivity index (χ0n) is 44.5. The van der Waals surface area contributed by atoms with Crippen molar-refractivity contribution in [3.8, 4) is 12.1 Å². The van der Waals surface area contributed by atoms with Crippen LogP contribution in [0, 0.1) is 36.5 Å². The second-order valence-corrected chi connectivity index (χ2v) is 23.5. The summed E-state index contributed by atoms with van der Waals surface area (Å²) < 4.78 is 80.4. The van der Waals surface area contributed by atoms with Crippen LogP contribution in [0.1, 0.15) is 80.3 Å². The van der Waals surface area contributed by atoms with Crippen molar-refractivity contribution >= 4 is 55.3 Å². The number of carbonyl (C=O) groups excluding carboxylic acids is 2. The maximum Gasteiger partial charge on any atom is 0.314 e. The van der Waals surface area contributed by atoms with Crippen molar-refractivity contribution in [2.24, 2.45) is 0 Å². The van der Waals surface area contributed by atoms with Crippen LogP contribution in [0.3, 0.4) is 0 Å². The van der Waals surface area contributed by atoms with Gasteiger partial charge in [-0.2, -0.15) is 10.5 Å². The van der Waals surface area contributed by atoms with Gasteiger partial charge in [-0.1, -0.05) is 35.3 Å². The number of halogens is 2. The highest BCUT2D eigenvalue weighted by atomic mass is 35.5. The Morgan fingerprint density at radius 1 is 0.538 bits per heavy atom. The van der Waals surface area contributed by atoms with Gasteiger partial charge in [-0.3, -0.25) is 0 Å². The number of amides is 4. The molecular formula is C54H70Cl2N10O10S2. The lowest BCUT2D eigenvalue weighted by molar-refractivity contribution is 0.0516. The maximum atomic E-state index is 13.3. The normalized spacial score (nSPS) is 15.6. The highest BCUT2D eigenvalue weighted by molar-refractivity contribution is 7.89. The fraction of sp³-hybridized carbons (Fsp3) is 0.481. The van der Waals surface area contributed by atoms with Gasteiger partial charge in [-0.05, 0) is 134 Å². The summed E-state index contributed by atoms with van der Waals surface area (Å²) >= 11 is 12.8. The zero-order valence-corrected chi connectivity index (χ0v) is 47.7. The maximum absolute atomic E-state index is 13.3. The summed E-state index contributed by atoms with van der Waals surface area (Å²) in [6.07, 6.45) is 1.29. The lowest BCUT2D eigenvalue weighted by Crippen LogP contribution is -2.39. The van der Waals surface area contributed by atoms with Crippen molar-refractivity contribution in [3.63, 3.8) is 0 Å². The Morgan fingerprint density at radius 2 is 0.897 bits per heavy atom. The quantitative estimate of drug-likeness (QED) is 0.0382. The molecule has 0 saturated heterocycles. The number of nitrogens with one attached hydrogen (secondary N) is 6. The third-order valence-corrected chi connectivity index (χ3v) is 16.6. The molecule has 4 amide bonds. The lowest BCUT2D eigenvalue weighted by Gasteiger charge is -2.34. The Morgan fingerprint density at radius 3 is 1.27 bits per heavy atom. The minimum absolute atomic E-state index is 0.0575. The van der Waals surface area contributed by atoms with E-state index in [4.69, 9.17) is 42.1 Å². The van der Waals surface area contributed by atoms with E-state index in [1.54, 1.807) is 48.5 Å². The predicted octanol–water partition coefficient (Wildman–Crippen LogP) is 5.21. The summed E-state index contributed by atoms with van der Waals surface area (Å²) in [6.45, 7) is 9.61. The Kier molecular flexibility index (Phi) is 23.9. The SMILES string of the molecule is Cc1ccc(S(=O)(=O)NCCOCCOCCNC(=O)NCCCCNC(=O)NCCOCCOCCNS(=O)(=O)c2ccc(C)c(C3CN(C)Cc4c(C#N)cc(Cl)cc43)c2)cc1C1CN(C)Cc2c(C#N)cc(Cl)cc21.